The number of nitrogens with one attached hydrogen (secondary N) is 1. The third-order valence-corrected chi connectivity index (χ3v) is 4.85. The van der Waals surface area contributed by atoms with E-state index in [-0.39, 0.29) is 12.1 Å². The van der Waals surface area contributed by atoms with Gasteiger partial charge < -0.3 is 9.80 Å². The first kappa shape index (κ1) is 14.5. The van der Waals surface area contributed by atoms with Crippen LogP contribution in [-0.4, -0.2) is 48.9 Å². The number of nitrogens with zero attached hydrogens (tertiary/aromatic N) is 2. The summed E-state index contributed by atoms with van der Waals surface area (Å²) in [6, 6.07) is 8.36. The molecule has 0 radical (unpaired) electrons. The lowest BCUT2D eigenvalue weighted by Gasteiger charge is -2.34. The summed E-state index contributed by atoms with van der Waals surface area (Å²) in [6.45, 7) is 5.77. The highest BCUT2D eigenvalue weighted by atomic mass is 16.2. The fraction of sp³-hybridized carbons (Fsp3) is 0.588. The molecule has 4 nitrogen and oxygen atoms in total. The van der Waals surface area contributed by atoms with Crippen LogP contribution in [0.1, 0.15) is 30.1 Å². The summed E-state index contributed by atoms with van der Waals surface area (Å²) in [4.78, 5) is 16.7. The van der Waals surface area contributed by atoms with Crippen LogP contribution >= 0.6 is 0 Å². The van der Waals surface area contributed by atoms with Crippen molar-refractivity contribution in [1.82, 2.24) is 15.1 Å². The van der Waals surface area contributed by atoms with Crippen molar-refractivity contribution < 1.29 is 4.79 Å². The van der Waals surface area contributed by atoms with Crippen LogP contribution in [-0.2, 0) is 4.79 Å². The van der Waals surface area contributed by atoms with E-state index in [1.165, 1.54) is 24.0 Å². The minimum absolute atomic E-state index is 0.0540. The summed E-state index contributed by atoms with van der Waals surface area (Å²) in [5, 5.41) is 3.38. The fourth-order valence-corrected chi connectivity index (χ4v) is 3.44. The molecule has 1 aromatic carbocycles. The zero-order chi connectivity index (χ0) is 14.8. The lowest BCUT2D eigenvalue weighted by molar-refractivity contribution is -0.128. The largest absolute Gasteiger partial charge is 0.322 e. The zero-order valence-electron chi connectivity index (χ0n) is 13.0. The van der Waals surface area contributed by atoms with E-state index in [2.05, 4.69) is 53.4 Å². The summed E-state index contributed by atoms with van der Waals surface area (Å²) < 4.78 is 0. The summed E-state index contributed by atoms with van der Waals surface area (Å²) in [5.74, 6) is 0.874. The molecule has 0 aromatic heterocycles. The SMILES string of the molecule is Cc1ccccc1C1NCC(=O)N1CC1CCN(C)CC1. The van der Waals surface area contributed by atoms with Gasteiger partial charge in [-0.3, -0.25) is 10.1 Å². The molecule has 2 heterocycles. The highest BCUT2D eigenvalue weighted by molar-refractivity contribution is 5.81. The van der Waals surface area contributed by atoms with Crippen molar-refractivity contribution in [1.29, 1.82) is 0 Å². The second kappa shape index (κ2) is 6.16. The summed E-state index contributed by atoms with van der Waals surface area (Å²) in [6.07, 6.45) is 2.44. The van der Waals surface area contributed by atoms with Crippen molar-refractivity contribution in [3.8, 4) is 0 Å². The molecule has 0 saturated carbocycles. The predicted molar refractivity (Wildman–Crippen MR) is 83.9 cm³/mol. The smallest absolute Gasteiger partial charge is 0.238 e. The Labute approximate surface area is 127 Å². The first-order valence-electron chi connectivity index (χ1n) is 7.92. The van der Waals surface area contributed by atoms with Gasteiger partial charge in [-0.25, -0.2) is 0 Å². The van der Waals surface area contributed by atoms with Gasteiger partial charge in [0.05, 0.1) is 6.54 Å². The zero-order valence-corrected chi connectivity index (χ0v) is 13.0. The molecule has 2 aliphatic heterocycles. The van der Waals surface area contributed by atoms with E-state index in [1.807, 2.05) is 0 Å². The van der Waals surface area contributed by atoms with Gasteiger partial charge in [0.15, 0.2) is 0 Å². The van der Waals surface area contributed by atoms with Crippen LogP contribution in [0.25, 0.3) is 0 Å². The molecule has 1 unspecified atom stereocenters. The number of aryl methyl sites for hydroxylation is 1. The molecule has 2 aliphatic rings. The van der Waals surface area contributed by atoms with Crippen molar-refractivity contribution in [2.45, 2.75) is 25.9 Å². The summed E-state index contributed by atoms with van der Waals surface area (Å²) >= 11 is 0. The maximum absolute atomic E-state index is 12.3. The molecular weight excluding hydrogens is 262 g/mol. The number of amides is 1. The normalized spacial score (nSPS) is 24.8. The number of benzene rings is 1. The number of hydrogen-bond donors (Lipinski definition) is 1. The highest BCUT2D eigenvalue weighted by Crippen LogP contribution is 2.28. The van der Waals surface area contributed by atoms with E-state index in [0.717, 1.165) is 19.6 Å². The number of rotatable bonds is 3. The van der Waals surface area contributed by atoms with Crippen LogP contribution in [0, 0.1) is 12.8 Å². The molecule has 1 aromatic rings. The Morgan fingerprint density at radius 1 is 1.24 bits per heavy atom. The standard InChI is InChI=1S/C17H25N3O/c1-13-5-3-4-6-15(13)17-18-11-16(21)20(17)12-14-7-9-19(2)10-8-14/h3-6,14,17-18H,7-12H2,1-2H3. The fourth-order valence-electron chi connectivity index (χ4n) is 3.44. The highest BCUT2D eigenvalue weighted by Gasteiger charge is 2.34. The van der Waals surface area contributed by atoms with E-state index < -0.39 is 0 Å². The molecule has 2 fully saturated rings. The van der Waals surface area contributed by atoms with Gasteiger partial charge in [-0.05, 0) is 56.9 Å². The Morgan fingerprint density at radius 3 is 2.67 bits per heavy atom. The lowest BCUT2D eigenvalue weighted by Crippen LogP contribution is -2.39. The van der Waals surface area contributed by atoms with Gasteiger partial charge in [0.25, 0.3) is 0 Å². The molecule has 0 aliphatic carbocycles. The number of piperidine rings is 1. The molecule has 0 bridgehead atoms. The van der Waals surface area contributed by atoms with Crippen LogP contribution in [0.3, 0.4) is 0 Å². The maximum atomic E-state index is 12.3. The molecule has 1 atom stereocenters. The van der Waals surface area contributed by atoms with E-state index >= 15 is 0 Å². The Bertz CT molecular complexity index is 509. The van der Waals surface area contributed by atoms with Crippen molar-refractivity contribution in [3.63, 3.8) is 0 Å². The van der Waals surface area contributed by atoms with E-state index in [4.69, 9.17) is 0 Å². The molecule has 1 N–H and O–H groups in total. The van der Waals surface area contributed by atoms with Crippen LogP contribution in [0.4, 0.5) is 0 Å². The third-order valence-electron chi connectivity index (χ3n) is 4.85. The van der Waals surface area contributed by atoms with Crippen molar-refractivity contribution >= 4 is 5.91 Å². The molecule has 4 heteroatoms. The number of carbonyl (C=O) groups is 1. The number of likely N-dealkylation sites (tertiary alicyclic amines) is 1. The van der Waals surface area contributed by atoms with E-state index in [1.54, 1.807) is 0 Å². The van der Waals surface area contributed by atoms with Gasteiger partial charge in [-0.15, -0.1) is 0 Å². The molecule has 1 amide bonds. The van der Waals surface area contributed by atoms with Gasteiger partial charge in [0.1, 0.15) is 6.17 Å². The molecular formula is C17H25N3O. The first-order chi connectivity index (χ1) is 10.1. The van der Waals surface area contributed by atoms with Gasteiger partial charge in [0.2, 0.25) is 5.91 Å². The predicted octanol–water partition coefficient (Wildman–Crippen LogP) is 1.77. The summed E-state index contributed by atoms with van der Waals surface area (Å²) in [7, 11) is 2.18. The monoisotopic (exact) mass is 287 g/mol. The van der Waals surface area contributed by atoms with Crippen LogP contribution < -0.4 is 5.32 Å². The topological polar surface area (TPSA) is 35.6 Å². The van der Waals surface area contributed by atoms with E-state index in [9.17, 15) is 4.79 Å². The number of hydrogen-bond acceptors (Lipinski definition) is 3. The van der Waals surface area contributed by atoms with Crippen LogP contribution in [0.15, 0.2) is 24.3 Å². The van der Waals surface area contributed by atoms with E-state index in [0.29, 0.717) is 12.5 Å². The van der Waals surface area contributed by atoms with Crippen LogP contribution in [0.5, 0.6) is 0 Å². The van der Waals surface area contributed by atoms with Gasteiger partial charge in [-0.2, -0.15) is 0 Å². The molecule has 0 spiro atoms. The van der Waals surface area contributed by atoms with Crippen molar-refractivity contribution in [3.05, 3.63) is 35.4 Å². The quantitative estimate of drug-likeness (QED) is 0.920. The average molecular weight is 287 g/mol. The second-order valence-corrected chi connectivity index (χ2v) is 6.43. The Hall–Kier alpha value is -1.39. The lowest BCUT2D eigenvalue weighted by atomic mass is 9.96. The minimum atomic E-state index is 0.0540. The third kappa shape index (κ3) is 3.11. The maximum Gasteiger partial charge on any atom is 0.238 e. The Kier molecular flexibility index (Phi) is 4.27. The molecule has 114 valence electrons. The average Bonchev–Trinajstić information content (AvgIpc) is 2.83. The molecule has 2 saturated heterocycles. The minimum Gasteiger partial charge on any atom is -0.322 e. The van der Waals surface area contributed by atoms with Crippen molar-refractivity contribution in [2.24, 2.45) is 5.92 Å². The number of carbonyl (C=O) groups excluding carboxylic acids is 1. The molecule has 3 rings (SSSR count). The molecule has 21 heavy (non-hydrogen) atoms. The Balaban J connectivity index is 1.73. The van der Waals surface area contributed by atoms with Crippen LogP contribution in [0.2, 0.25) is 0 Å². The second-order valence-electron chi connectivity index (χ2n) is 6.43. The van der Waals surface area contributed by atoms with Crippen molar-refractivity contribution in [2.75, 3.05) is 33.2 Å². The first-order valence-corrected chi connectivity index (χ1v) is 7.92. The summed E-state index contributed by atoms with van der Waals surface area (Å²) in [5.41, 5.74) is 2.48. The van der Waals surface area contributed by atoms with Gasteiger partial charge >= 0.3 is 0 Å². The Morgan fingerprint density at radius 2 is 1.95 bits per heavy atom. The van der Waals surface area contributed by atoms with Gasteiger partial charge in [0, 0.05) is 6.54 Å². The van der Waals surface area contributed by atoms with Gasteiger partial charge in [-0.1, -0.05) is 24.3 Å².